The molecule has 0 saturated heterocycles. The van der Waals surface area contributed by atoms with Crippen molar-refractivity contribution in [2.24, 2.45) is 30.3 Å². The SMILES string of the molecule is C1=NC2=NC=NC2C(N=NNc2ccccc2)=N1. The number of para-hydroxylation sites is 1. The Labute approximate surface area is 103 Å². The molecule has 0 radical (unpaired) electrons. The van der Waals surface area contributed by atoms with Gasteiger partial charge in [0.25, 0.3) is 0 Å². The van der Waals surface area contributed by atoms with Gasteiger partial charge in [-0.05, 0) is 12.1 Å². The summed E-state index contributed by atoms with van der Waals surface area (Å²) < 4.78 is 0. The van der Waals surface area contributed by atoms with E-state index in [0.29, 0.717) is 11.7 Å². The Balaban J connectivity index is 1.70. The monoisotopic (exact) mass is 239 g/mol. The Kier molecular flexibility index (Phi) is 2.71. The first-order valence-electron chi connectivity index (χ1n) is 5.35. The lowest BCUT2D eigenvalue weighted by atomic mass is 10.2. The van der Waals surface area contributed by atoms with Gasteiger partial charge in [0.05, 0.1) is 5.69 Å². The standard InChI is InChI=1S/C11H9N7/c1-2-4-8(5-3-1)16-18-17-11-9-10(13-6-12-9)14-7-15-11/h1-7,9H,(H,12,13,14,15,16,17). The second-order valence-electron chi connectivity index (χ2n) is 3.56. The number of anilines is 1. The molecule has 0 aromatic heterocycles. The molecule has 2 aliphatic heterocycles. The number of nitrogens with zero attached hydrogens (tertiary/aromatic N) is 6. The summed E-state index contributed by atoms with van der Waals surface area (Å²) in [6.45, 7) is 0. The maximum atomic E-state index is 4.11. The molecule has 0 aliphatic carbocycles. The summed E-state index contributed by atoms with van der Waals surface area (Å²) in [5.74, 6) is 1.07. The van der Waals surface area contributed by atoms with Gasteiger partial charge in [-0.2, -0.15) is 0 Å². The van der Waals surface area contributed by atoms with E-state index >= 15 is 0 Å². The van der Waals surface area contributed by atoms with E-state index in [9.17, 15) is 0 Å². The molecule has 0 fully saturated rings. The molecule has 0 bridgehead atoms. The van der Waals surface area contributed by atoms with Crippen molar-refractivity contribution in [2.75, 3.05) is 5.43 Å². The van der Waals surface area contributed by atoms with Crippen molar-refractivity contribution in [1.29, 1.82) is 0 Å². The van der Waals surface area contributed by atoms with E-state index in [1.54, 1.807) is 0 Å². The molecule has 2 aliphatic rings. The van der Waals surface area contributed by atoms with E-state index in [1.165, 1.54) is 12.7 Å². The van der Waals surface area contributed by atoms with Gasteiger partial charge in [-0.25, -0.2) is 15.0 Å². The van der Waals surface area contributed by atoms with Gasteiger partial charge in [-0.15, -0.1) is 5.11 Å². The summed E-state index contributed by atoms with van der Waals surface area (Å²) in [7, 11) is 0. The topological polar surface area (TPSA) is 86.2 Å². The molecule has 1 unspecified atom stereocenters. The maximum Gasteiger partial charge on any atom is 0.186 e. The molecule has 7 nitrogen and oxygen atoms in total. The van der Waals surface area contributed by atoms with Crippen LogP contribution in [0.4, 0.5) is 5.69 Å². The van der Waals surface area contributed by atoms with Crippen LogP contribution in [0, 0.1) is 0 Å². The van der Waals surface area contributed by atoms with Crippen LogP contribution in [-0.2, 0) is 0 Å². The first kappa shape index (κ1) is 10.5. The van der Waals surface area contributed by atoms with Gasteiger partial charge in [-0.3, -0.25) is 10.4 Å². The normalized spacial score (nSPS) is 20.8. The van der Waals surface area contributed by atoms with E-state index in [0.717, 1.165) is 5.69 Å². The van der Waals surface area contributed by atoms with E-state index in [4.69, 9.17) is 0 Å². The summed E-state index contributed by atoms with van der Waals surface area (Å²) in [5, 5.41) is 7.88. The molecule has 18 heavy (non-hydrogen) atoms. The fourth-order valence-corrected chi connectivity index (χ4v) is 1.53. The van der Waals surface area contributed by atoms with Gasteiger partial charge in [0.15, 0.2) is 17.7 Å². The predicted molar refractivity (Wildman–Crippen MR) is 70.6 cm³/mol. The van der Waals surface area contributed by atoms with Crippen LogP contribution in [0.2, 0.25) is 0 Å². The van der Waals surface area contributed by atoms with Crippen molar-refractivity contribution in [3.8, 4) is 0 Å². The van der Waals surface area contributed by atoms with E-state index in [1.807, 2.05) is 30.3 Å². The van der Waals surface area contributed by atoms with Crippen LogP contribution in [0.3, 0.4) is 0 Å². The van der Waals surface area contributed by atoms with E-state index < -0.39 is 0 Å². The van der Waals surface area contributed by atoms with E-state index in [2.05, 4.69) is 35.7 Å². The third-order valence-corrected chi connectivity index (χ3v) is 2.38. The Bertz CT molecular complexity index is 583. The zero-order chi connectivity index (χ0) is 12.2. The van der Waals surface area contributed by atoms with Crippen LogP contribution in [0.15, 0.2) is 60.6 Å². The van der Waals surface area contributed by atoms with Crippen LogP contribution in [-0.4, -0.2) is 30.4 Å². The number of amidine groups is 2. The van der Waals surface area contributed by atoms with Gasteiger partial charge in [0.2, 0.25) is 0 Å². The Morgan fingerprint density at radius 3 is 2.83 bits per heavy atom. The van der Waals surface area contributed by atoms with Crippen LogP contribution < -0.4 is 5.43 Å². The highest BCUT2D eigenvalue weighted by Gasteiger charge is 2.26. The van der Waals surface area contributed by atoms with Crippen molar-refractivity contribution in [1.82, 2.24) is 0 Å². The summed E-state index contributed by atoms with van der Waals surface area (Å²) >= 11 is 0. The fraction of sp³-hybridized carbons (Fsp3) is 0.0909. The van der Waals surface area contributed by atoms with Gasteiger partial charge in [0.1, 0.15) is 12.7 Å². The Hall–Kier alpha value is -2.70. The fourth-order valence-electron chi connectivity index (χ4n) is 1.53. The third kappa shape index (κ3) is 2.05. The summed E-state index contributed by atoms with van der Waals surface area (Å²) in [4.78, 5) is 16.1. The molecular formula is C11H9N7. The molecule has 1 atom stereocenters. The minimum absolute atomic E-state index is 0.323. The first-order valence-corrected chi connectivity index (χ1v) is 5.35. The number of benzene rings is 1. The quantitative estimate of drug-likeness (QED) is 0.618. The lowest BCUT2D eigenvalue weighted by Gasteiger charge is -2.08. The number of rotatable bonds is 2. The minimum Gasteiger partial charge on any atom is -0.260 e. The van der Waals surface area contributed by atoms with Gasteiger partial charge >= 0.3 is 0 Å². The molecule has 0 amide bonds. The third-order valence-electron chi connectivity index (χ3n) is 2.38. The van der Waals surface area contributed by atoms with Crippen molar-refractivity contribution < 1.29 is 0 Å². The van der Waals surface area contributed by atoms with Crippen molar-refractivity contribution in [3.05, 3.63) is 30.3 Å². The highest BCUT2D eigenvalue weighted by molar-refractivity contribution is 6.19. The summed E-state index contributed by atoms with van der Waals surface area (Å²) in [5.41, 5.74) is 3.67. The Morgan fingerprint density at radius 2 is 1.94 bits per heavy atom. The largest absolute Gasteiger partial charge is 0.260 e. The van der Waals surface area contributed by atoms with Gasteiger partial charge in [-0.1, -0.05) is 23.4 Å². The number of hydrogen-bond acceptors (Lipinski definition) is 6. The van der Waals surface area contributed by atoms with Crippen LogP contribution in [0.5, 0.6) is 0 Å². The molecule has 0 saturated carbocycles. The van der Waals surface area contributed by atoms with E-state index in [-0.39, 0.29) is 6.04 Å². The zero-order valence-electron chi connectivity index (χ0n) is 9.30. The van der Waals surface area contributed by atoms with Crippen LogP contribution in [0.25, 0.3) is 0 Å². The van der Waals surface area contributed by atoms with Crippen molar-refractivity contribution in [2.45, 2.75) is 6.04 Å². The molecule has 1 aromatic rings. The maximum absolute atomic E-state index is 4.11. The van der Waals surface area contributed by atoms with Gasteiger partial charge in [0, 0.05) is 0 Å². The smallest absolute Gasteiger partial charge is 0.186 e. The molecule has 1 aromatic carbocycles. The summed E-state index contributed by atoms with van der Waals surface area (Å²) in [6.07, 6.45) is 2.86. The predicted octanol–water partition coefficient (Wildman–Crippen LogP) is 1.72. The average Bonchev–Trinajstić information content (AvgIpc) is 2.89. The molecule has 88 valence electrons. The molecule has 7 heteroatoms. The highest BCUT2D eigenvalue weighted by Crippen LogP contribution is 2.11. The zero-order valence-corrected chi connectivity index (χ0v) is 9.30. The summed E-state index contributed by atoms with van der Waals surface area (Å²) in [6, 6.07) is 9.22. The minimum atomic E-state index is -0.323. The second kappa shape index (κ2) is 4.66. The number of nitrogens with one attached hydrogen (secondary N) is 1. The molecule has 1 N–H and O–H groups in total. The molecular weight excluding hydrogens is 230 g/mol. The molecule has 0 spiro atoms. The van der Waals surface area contributed by atoms with Crippen LogP contribution in [0.1, 0.15) is 0 Å². The number of aliphatic imine (C=N–C) groups is 4. The molecule has 2 heterocycles. The lowest BCUT2D eigenvalue weighted by molar-refractivity contribution is 1.06. The van der Waals surface area contributed by atoms with Crippen molar-refractivity contribution >= 4 is 30.0 Å². The first-order chi connectivity index (χ1) is 8.93. The van der Waals surface area contributed by atoms with Gasteiger partial charge < -0.3 is 0 Å². The van der Waals surface area contributed by atoms with Crippen LogP contribution >= 0.6 is 0 Å². The highest BCUT2D eigenvalue weighted by atomic mass is 15.4. The number of fused-ring (bicyclic) bond motifs is 1. The molecule has 3 rings (SSSR count). The second-order valence-corrected chi connectivity index (χ2v) is 3.56. The Morgan fingerprint density at radius 1 is 1.06 bits per heavy atom. The average molecular weight is 239 g/mol. The number of hydrogen-bond donors (Lipinski definition) is 1. The van der Waals surface area contributed by atoms with Crippen molar-refractivity contribution in [3.63, 3.8) is 0 Å². The lowest BCUT2D eigenvalue weighted by Crippen LogP contribution is -2.26.